The molecule has 0 radical (unpaired) electrons. The van der Waals surface area contributed by atoms with Crippen molar-refractivity contribution < 1.29 is 4.84 Å². The van der Waals surface area contributed by atoms with Gasteiger partial charge in [-0.05, 0) is 5.22 Å². The molecule has 5 nitrogen and oxygen atoms in total. The largest absolute Gasteiger partial charge is 0.370 e. The molecule has 0 unspecified atom stereocenters. The van der Waals surface area contributed by atoms with Crippen LogP contribution < -0.4 is 10.9 Å². The lowest BCUT2D eigenvalue weighted by Crippen LogP contribution is -2.25. The van der Waals surface area contributed by atoms with Crippen LogP contribution in [0, 0.1) is 0 Å². The van der Waals surface area contributed by atoms with E-state index in [1.807, 2.05) is 0 Å². The molecule has 0 aromatic rings. The van der Waals surface area contributed by atoms with Gasteiger partial charge in [-0.3, -0.25) is 0 Å². The lowest BCUT2D eigenvalue weighted by molar-refractivity contribution is 0.118. The monoisotopic (exact) mass is 156 g/mol. The van der Waals surface area contributed by atoms with Gasteiger partial charge in [-0.1, -0.05) is 13.8 Å². The SMILES string of the molecule is CC(C)NCC1=CONN=N1. The molecule has 2 N–H and O–H groups in total. The van der Waals surface area contributed by atoms with Gasteiger partial charge in [0.15, 0.2) is 0 Å². The van der Waals surface area contributed by atoms with E-state index in [1.54, 1.807) is 0 Å². The number of rotatable bonds is 3. The molecule has 1 heterocycles. The lowest BCUT2D eigenvalue weighted by atomic mass is 10.4. The Hall–Kier alpha value is -1.10. The van der Waals surface area contributed by atoms with E-state index in [9.17, 15) is 0 Å². The Morgan fingerprint density at radius 1 is 1.73 bits per heavy atom. The topological polar surface area (TPSA) is 58.0 Å². The molecule has 1 rings (SSSR count). The molecule has 0 aromatic heterocycles. The first-order valence-corrected chi connectivity index (χ1v) is 3.53. The van der Waals surface area contributed by atoms with Gasteiger partial charge >= 0.3 is 0 Å². The summed E-state index contributed by atoms with van der Waals surface area (Å²) in [5, 5.41) is 10.5. The third kappa shape index (κ3) is 2.99. The van der Waals surface area contributed by atoms with Crippen LogP contribution >= 0.6 is 0 Å². The number of hydrogen-bond acceptors (Lipinski definition) is 5. The summed E-state index contributed by atoms with van der Waals surface area (Å²) in [5.74, 6) is 0. The zero-order valence-corrected chi connectivity index (χ0v) is 6.66. The summed E-state index contributed by atoms with van der Waals surface area (Å²) in [7, 11) is 0. The molecule has 1 aliphatic heterocycles. The Labute approximate surface area is 65.5 Å². The summed E-state index contributed by atoms with van der Waals surface area (Å²) in [5.41, 5.74) is 3.05. The zero-order valence-electron chi connectivity index (χ0n) is 6.66. The first-order chi connectivity index (χ1) is 5.29. The van der Waals surface area contributed by atoms with Crippen molar-refractivity contribution in [2.45, 2.75) is 19.9 Å². The Morgan fingerprint density at radius 3 is 3.09 bits per heavy atom. The van der Waals surface area contributed by atoms with Gasteiger partial charge in [0.1, 0.15) is 12.0 Å². The second-order valence-corrected chi connectivity index (χ2v) is 2.55. The molecule has 0 spiro atoms. The Balaban J connectivity index is 2.25. The van der Waals surface area contributed by atoms with Crippen molar-refractivity contribution in [2.75, 3.05) is 6.54 Å². The maximum Gasteiger partial charge on any atom is 0.146 e. The van der Waals surface area contributed by atoms with Gasteiger partial charge in [0.05, 0.1) is 0 Å². The highest BCUT2D eigenvalue weighted by Gasteiger charge is 2.00. The quantitative estimate of drug-likeness (QED) is 0.633. The van der Waals surface area contributed by atoms with Crippen molar-refractivity contribution in [3.05, 3.63) is 12.0 Å². The highest BCUT2D eigenvalue weighted by atomic mass is 16.7. The maximum absolute atomic E-state index is 4.70. The molecule has 0 aromatic carbocycles. The normalized spacial score (nSPS) is 15.7. The average molecular weight is 156 g/mol. The zero-order chi connectivity index (χ0) is 8.10. The fourth-order valence-electron chi connectivity index (χ4n) is 0.612. The molecule has 0 saturated heterocycles. The number of nitrogens with one attached hydrogen (secondary N) is 2. The average Bonchev–Trinajstić information content (AvgIpc) is 2.03. The molecule has 5 heteroatoms. The Kier molecular flexibility index (Phi) is 2.85. The molecule has 0 atom stereocenters. The summed E-state index contributed by atoms with van der Waals surface area (Å²) in [6.07, 6.45) is 1.53. The van der Waals surface area contributed by atoms with E-state index in [2.05, 4.69) is 35.1 Å². The molecular weight excluding hydrogens is 144 g/mol. The van der Waals surface area contributed by atoms with Gasteiger partial charge in [-0.25, -0.2) is 0 Å². The van der Waals surface area contributed by atoms with E-state index in [0.29, 0.717) is 12.6 Å². The number of nitrogens with zero attached hydrogens (tertiary/aromatic N) is 2. The molecule has 1 aliphatic rings. The van der Waals surface area contributed by atoms with E-state index in [-0.39, 0.29) is 0 Å². The highest BCUT2D eigenvalue weighted by Crippen LogP contribution is 1.99. The molecule has 0 aliphatic carbocycles. The second kappa shape index (κ2) is 3.92. The van der Waals surface area contributed by atoms with Crippen LogP contribution in [-0.4, -0.2) is 12.6 Å². The second-order valence-electron chi connectivity index (χ2n) is 2.55. The molecular formula is C6H12N4O. The van der Waals surface area contributed by atoms with E-state index in [1.165, 1.54) is 6.26 Å². The third-order valence-corrected chi connectivity index (χ3v) is 1.16. The van der Waals surface area contributed by atoms with Crippen molar-refractivity contribution in [3.63, 3.8) is 0 Å². The van der Waals surface area contributed by atoms with Gasteiger partial charge in [-0.15, -0.1) is 10.7 Å². The van der Waals surface area contributed by atoms with Gasteiger partial charge < -0.3 is 10.2 Å². The molecule has 0 amide bonds. The standard InChI is InChI=1S/C6H12N4O/c1-5(2)7-3-6-4-11-10-9-8-6/h4-5,7H,3H2,1-2H3,(H,8,10). The lowest BCUT2D eigenvalue weighted by Gasteiger charge is -2.09. The van der Waals surface area contributed by atoms with Gasteiger partial charge in [0.25, 0.3) is 0 Å². The fraction of sp³-hybridized carbons (Fsp3) is 0.667. The van der Waals surface area contributed by atoms with Gasteiger partial charge in [0.2, 0.25) is 0 Å². The fourth-order valence-corrected chi connectivity index (χ4v) is 0.612. The van der Waals surface area contributed by atoms with Crippen molar-refractivity contribution in [3.8, 4) is 0 Å². The van der Waals surface area contributed by atoms with Crippen LogP contribution in [0.15, 0.2) is 22.3 Å². The first-order valence-electron chi connectivity index (χ1n) is 3.53. The van der Waals surface area contributed by atoms with Gasteiger partial charge in [0, 0.05) is 12.6 Å². The summed E-state index contributed by atoms with van der Waals surface area (Å²) in [4.78, 5) is 4.70. The summed E-state index contributed by atoms with van der Waals surface area (Å²) < 4.78 is 0. The van der Waals surface area contributed by atoms with Crippen molar-refractivity contribution >= 4 is 0 Å². The summed E-state index contributed by atoms with van der Waals surface area (Å²) in [6, 6.07) is 0.445. The van der Waals surface area contributed by atoms with Crippen LogP contribution in [-0.2, 0) is 4.84 Å². The van der Waals surface area contributed by atoms with E-state index < -0.39 is 0 Å². The van der Waals surface area contributed by atoms with Gasteiger partial charge in [-0.2, -0.15) is 0 Å². The van der Waals surface area contributed by atoms with Crippen LogP contribution in [0.5, 0.6) is 0 Å². The van der Waals surface area contributed by atoms with E-state index >= 15 is 0 Å². The first kappa shape index (κ1) is 8.00. The third-order valence-electron chi connectivity index (χ3n) is 1.16. The smallest absolute Gasteiger partial charge is 0.146 e. The minimum atomic E-state index is 0.445. The molecule has 0 fully saturated rings. The molecule has 11 heavy (non-hydrogen) atoms. The van der Waals surface area contributed by atoms with E-state index in [4.69, 9.17) is 4.84 Å². The van der Waals surface area contributed by atoms with Crippen LogP contribution in [0.2, 0.25) is 0 Å². The van der Waals surface area contributed by atoms with E-state index in [0.717, 1.165) is 5.70 Å². The summed E-state index contributed by atoms with van der Waals surface area (Å²) >= 11 is 0. The molecule has 0 bridgehead atoms. The molecule has 0 saturated carbocycles. The minimum absolute atomic E-state index is 0.445. The predicted molar refractivity (Wildman–Crippen MR) is 40.3 cm³/mol. The summed E-state index contributed by atoms with van der Waals surface area (Å²) in [6.45, 7) is 4.82. The Bertz CT molecular complexity index is 175. The van der Waals surface area contributed by atoms with Crippen molar-refractivity contribution in [2.24, 2.45) is 10.3 Å². The molecule has 62 valence electrons. The van der Waals surface area contributed by atoms with Crippen LogP contribution in [0.3, 0.4) is 0 Å². The maximum atomic E-state index is 4.70. The van der Waals surface area contributed by atoms with Crippen LogP contribution in [0.4, 0.5) is 0 Å². The minimum Gasteiger partial charge on any atom is -0.370 e. The number of hydrogen-bond donors (Lipinski definition) is 2. The van der Waals surface area contributed by atoms with Crippen molar-refractivity contribution in [1.29, 1.82) is 0 Å². The van der Waals surface area contributed by atoms with Crippen LogP contribution in [0.1, 0.15) is 13.8 Å². The van der Waals surface area contributed by atoms with Crippen LogP contribution in [0.25, 0.3) is 0 Å². The van der Waals surface area contributed by atoms with Crippen molar-refractivity contribution in [1.82, 2.24) is 10.9 Å². The predicted octanol–water partition coefficient (Wildman–Crippen LogP) is 0.728. The highest BCUT2D eigenvalue weighted by molar-refractivity contribution is 4.97. The Morgan fingerprint density at radius 2 is 2.55 bits per heavy atom.